The summed E-state index contributed by atoms with van der Waals surface area (Å²) in [7, 11) is 0. The zero-order chi connectivity index (χ0) is 16.8. The lowest BCUT2D eigenvalue weighted by Gasteiger charge is -2.02. The van der Waals surface area contributed by atoms with Gasteiger partial charge in [-0.2, -0.15) is 0 Å². The normalized spacial score (nSPS) is 10.2. The molecule has 0 bridgehead atoms. The summed E-state index contributed by atoms with van der Waals surface area (Å²) in [5.74, 6) is -2.94. The van der Waals surface area contributed by atoms with Gasteiger partial charge in [0.05, 0.1) is 19.4 Å². The number of carboxylic acids is 3. The molecule has 120 valence electrons. The fourth-order valence-corrected chi connectivity index (χ4v) is 0.721. The lowest BCUT2D eigenvalue weighted by atomic mass is 10.2. The molecule has 0 aliphatic rings. The first kappa shape index (κ1) is 20.8. The maximum atomic E-state index is 10.3. The van der Waals surface area contributed by atoms with Crippen molar-refractivity contribution in [3.05, 3.63) is 18.2 Å². The van der Waals surface area contributed by atoms with Gasteiger partial charge in [0.25, 0.3) is 0 Å². The number of aliphatic carboxylic acids is 3. The highest BCUT2D eigenvalue weighted by atomic mass is 16.4. The van der Waals surface area contributed by atoms with Crippen LogP contribution in [0.4, 0.5) is 0 Å². The van der Waals surface area contributed by atoms with E-state index in [2.05, 4.69) is 21.4 Å². The summed E-state index contributed by atoms with van der Waals surface area (Å²) in [5, 5.41) is 23.6. The second-order valence-corrected chi connectivity index (χ2v) is 3.42. The van der Waals surface area contributed by atoms with E-state index in [0.29, 0.717) is 0 Å². The lowest BCUT2D eigenvalue weighted by molar-refractivity contribution is -0.138. The second-order valence-electron chi connectivity index (χ2n) is 3.42. The first-order valence-electron chi connectivity index (χ1n) is 5.53. The Morgan fingerprint density at radius 1 is 1.14 bits per heavy atom. The van der Waals surface area contributed by atoms with E-state index in [1.54, 1.807) is 6.20 Å². The zero-order valence-corrected chi connectivity index (χ0v) is 11.1. The number of aromatic amines is 1. The molecule has 0 spiro atoms. The van der Waals surface area contributed by atoms with Crippen molar-refractivity contribution in [3.8, 4) is 0 Å². The zero-order valence-electron chi connectivity index (χ0n) is 11.1. The Labute approximate surface area is 119 Å². The minimum absolute atomic E-state index is 0.278. The van der Waals surface area contributed by atoms with Crippen LogP contribution in [0.1, 0.15) is 5.69 Å². The van der Waals surface area contributed by atoms with E-state index in [0.717, 1.165) is 5.69 Å². The van der Waals surface area contributed by atoms with Gasteiger partial charge in [0.15, 0.2) is 0 Å². The molecule has 0 radical (unpaired) electrons. The minimum atomic E-state index is -1.00. The van der Waals surface area contributed by atoms with Crippen LogP contribution in [-0.2, 0) is 20.8 Å². The van der Waals surface area contributed by atoms with Crippen molar-refractivity contribution in [1.29, 1.82) is 0 Å². The molecule has 21 heavy (non-hydrogen) atoms. The number of rotatable bonds is 5. The summed E-state index contributed by atoms with van der Waals surface area (Å²) in [4.78, 5) is 35.3. The molecule has 1 aromatic rings. The molecule has 11 nitrogen and oxygen atoms in total. The molecular weight excluding hydrogens is 286 g/mol. The molecule has 0 saturated heterocycles. The van der Waals surface area contributed by atoms with E-state index in [-0.39, 0.29) is 19.5 Å². The molecule has 1 atom stereocenters. The molecule has 1 aromatic heterocycles. The first-order chi connectivity index (χ1) is 9.74. The van der Waals surface area contributed by atoms with Crippen LogP contribution in [0.3, 0.4) is 0 Å². The number of nitrogens with two attached hydrogens (primary N) is 3. The molecule has 10 N–H and O–H groups in total. The number of aromatic nitrogens is 2. The molecule has 0 saturated carbocycles. The molecule has 1 heterocycles. The Kier molecular flexibility index (Phi) is 12.4. The average Bonchev–Trinajstić information content (AvgIpc) is 2.92. The highest BCUT2D eigenvalue weighted by Gasteiger charge is 2.11. The molecule has 0 fully saturated rings. The number of imidazole rings is 1. The summed E-state index contributed by atoms with van der Waals surface area (Å²) < 4.78 is 0. The highest BCUT2D eigenvalue weighted by Crippen LogP contribution is 1.95. The Bertz CT molecular complexity index is 408. The second kappa shape index (κ2) is 12.5. The average molecular weight is 305 g/mol. The van der Waals surface area contributed by atoms with Crippen LogP contribution < -0.4 is 17.2 Å². The largest absolute Gasteiger partial charge is 0.480 e. The van der Waals surface area contributed by atoms with Crippen molar-refractivity contribution in [2.75, 3.05) is 13.1 Å². The smallest absolute Gasteiger partial charge is 0.320 e. The molecule has 1 unspecified atom stereocenters. The summed E-state index contributed by atoms with van der Waals surface area (Å²) in [6.07, 6.45) is 3.34. The first-order valence-corrected chi connectivity index (χ1v) is 5.53. The van der Waals surface area contributed by atoms with Crippen LogP contribution >= 0.6 is 0 Å². The van der Waals surface area contributed by atoms with Gasteiger partial charge in [-0.05, 0) is 0 Å². The number of carbonyl (C=O) groups is 3. The van der Waals surface area contributed by atoms with E-state index < -0.39 is 23.9 Å². The van der Waals surface area contributed by atoms with Gasteiger partial charge in [-0.1, -0.05) is 0 Å². The van der Waals surface area contributed by atoms with Crippen molar-refractivity contribution >= 4 is 17.9 Å². The number of carboxylic acid groups (broad SMARTS) is 3. The Morgan fingerprint density at radius 2 is 1.57 bits per heavy atom. The fraction of sp³-hybridized carbons (Fsp3) is 0.400. The van der Waals surface area contributed by atoms with E-state index in [9.17, 15) is 14.4 Å². The number of H-pyrrole nitrogens is 1. The summed E-state index contributed by atoms with van der Waals surface area (Å²) in [5.41, 5.74) is 15.1. The van der Waals surface area contributed by atoms with E-state index in [4.69, 9.17) is 21.1 Å². The predicted octanol–water partition coefficient (Wildman–Crippen LogP) is -2.58. The van der Waals surface area contributed by atoms with Crippen molar-refractivity contribution in [3.63, 3.8) is 0 Å². The Morgan fingerprint density at radius 3 is 1.81 bits per heavy atom. The van der Waals surface area contributed by atoms with Crippen molar-refractivity contribution < 1.29 is 29.7 Å². The van der Waals surface area contributed by atoms with Crippen LogP contribution in [0.5, 0.6) is 0 Å². The number of hydrogen-bond acceptors (Lipinski definition) is 7. The van der Waals surface area contributed by atoms with Crippen molar-refractivity contribution in [2.24, 2.45) is 17.2 Å². The maximum absolute atomic E-state index is 10.3. The van der Waals surface area contributed by atoms with Gasteiger partial charge in [0, 0.05) is 18.3 Å². The highest BCUT2D eigenvalue weighted by molar-refractivity contribution is 5.73. The van der Waals surface area contributed by atoms with Gasteiger partial charge in [0.1, 0.15) is 6.04 Å². The van der Waals surface area contributed by atoms with Gasteiger partial charge in [-0.25, -0.2) is 4.98 Å². The number of nitrogens with one attached hydrogen (secondary N) is 1. The van der Waals surface area contributed by atoms with Crippen LogP contribution in [0.25, 0.3) is 0 Å². The SMILES string of the molecule is NC(Cc1cnc[nH]1)C(=O)O.NCC(=O)O.NCC(=O)O. The molecule has 0 aliphatic heterocycles. The third-order valence-corrected chi connectivity index (χ3v) is 1.66. The van der Waals surface area contributed by atoms with E-state index >= 15 is 0 Å². The van der Waals surface area contributed by atoms with Gasteiger partial charge in [-0.3, -0.25) is 14.4 Å². The molecule has 0 amide bonds. The van der Waals surface area contributed by atoms with Gasteiger partial charge in [-0.15, -0.1) is 0 Å². The molecule has 1 rings (SSSR count). The van der Waals surface area contributed by atoms with Gasteiger partial charge in [0.2, 0.25) is 0 Å². The number of hydrogen-bond donors (Lipinski definition) is 7. The molecular formula is C10H19N5O6. The van der Waals surface area contributed by atoms with Crippen LogP contribution in [0.2, 0.25) is 0 Å². The van der Waals surface area contributed by atoms with E-state index in [1.807, 2.05) is 0 Å². The summed E-state index contributed by atoms with van der Waals surface area (Å²) in [6.45, 7) is -0.556. The van der Waals surface area contributed by atoms with Crippen molar-refractivity contribution in [2.45, 2.75) is 12.5 Å². The number of nitrogens with zero attached hydrogens (tertiary/aromatic N) is 1. The monoisotopic (exact) mass is 305 g/mol. The predicted molar refractivity (Wildman–Crippen MR) is 71.3 cm³/mol. The lowest BCUT2D eigenvalue weighted by Crippen LogP contribution is -2.32. The van der Waals surface area contributed by atoms with Gasteiger partial charge >= 0.3 is 17.9 Å². The standard InChI is InChI=1S/C6H9N3O2.2C2H5NO2/c7-5(6(10)11)1-4-2-8-3-9-4;2*3-1-2(4)5/h2-3,5H,1,7H2,(H,8,9)(H,10,11);2*1,3H2,(H,4,5). The van der Waals surface area contributed by atoms with Crippen LogP contribution in [0.15, 0.2) is 12.5 Å². The summed E-state index contributed by atoms with van der Waals surface area (Å²) in [6, 6.07) is -0.851. The third-order valence-electron chi connectivity index (χ3n) is 1.66. The molecule has 0 aliphatic carbocycles. The Balaban J connectivity index is 0. The van der Waals surface area contributed by atoms with E-state index in [1.165, 1.54) is 6.33 Å². The Hall–Kier alpha value is -2.50. The van der Waals surface area contributed by atoms with Crippen LogP contribution in [0, 0.1) is 0 Å². The molecule has 11 heteroatoms. The fourth-order valence-electron chi connectivity index (χ4n) is 0.721. The van der Waals surface area contributed by atoms with Gasteiger partial charge < -0.3 is 37.5 Å². The van der Waals surface area contributed by atoms with Crippen molar-refractivity contribution in [1.82, 2.24) is 9.97 Å². The topological polar surface area (TPSA) is 219 Å². The molecule has 0 aromatic carbocycles. The third kappa shape index (κ3) is 15.4. The summed E-state index contributed by atoms with van der Waals surface area (Å²) >= 11 is 0. The van der Waals surface area contributed by atoms with Crippen LogP contribution in [-0.4, -0.2) is 62.3 Å². The maximum Gasteiger partial charge on any atom is 0.320 e. The minimum Gasteiger partial charge on any atom is -0.480 e. The quantitative estimate of drug-likeness (QED) is 0.301.